The zero-order valence-electron chi connectivity index (χ0n) is 12.5. The largest absolute Gasteiger partial charge is 0.493 e. The molecule has 2 aromatic carbocycles. The molecule has 0 aliphatic carbocycles. The van der Waals surface area contributed by atoms with E-state index in [9.17, 15) is 4.79 Å². The first-order chi connectivity index (χ1) is 11.1. The molecule has 0 fully saturated rings. The Labute approximate surface area is 142 Å². The average Bonchev–Trinajstić information content (AvgIpc) is 2.55. The minimum Gasteiger partial charge on any atom is -0.493 e. The lowest BCUT2D eigenvalue weighted by Gasteiger charge is -2.11. The van der Waals surface area contributed by atoms with E-state index in [2.05, 4.69) is 26.5 Å². The van der Waals surface area contributed by atoms with Gasteiger partial charge in [0.1, 0.15) is 0 Å². The third-order valence-corrected chi connectivity index (χ3v) is 3.51. The highest BCUT2D eigenvalue weighted by Gasteiger charge is 2.10. The van der Waals surface area contributed by atoms with Gasteiger partial charge in [-0.05, 0) is 40.2 Å². The maximum absolute atomic E-state index is 10.8. The number of amides is 1. The van der Waals surface area contributed by atoms with Crippen molar-refractivity contribution in [1.29, 1.82) is 0 Å². The first-order valence-electron chi connectivity index (χ1n) is 6.73. The van der Waals surface area contributed by atoms with E-state index in [0.717, 1.165) is 15.7 Å². The molecule has 1 amide bonds. The lowest BCUT2D eigenvalue weighted by molar-refractivity contribution is -0.119. The molecule has 23 heavy (non-hydrogen) atoms. The first kappa shape index (κ1) is 16.8. The van der Waals surface area contributed by atoms with Crippen molar-refractivity contribution in [2.24, 2.45) is 10.8 Å². The van der Waals surface area contributed by atoms with Crippen LogP contribution in [0.4, 0.5) is 5.69 Å². The number of primary amides is 1. The van der Waals surface area contributed by atoms with Gasteiger partial charge in [-0.3, -0.25) is 10.2 Å². The zero-order valence-corrected chi connectivity index (χ0v) is 14.0. The highest BCUT2D eigenvalue weighted by Crippen LogP contribution is 2.32. The van der Waals surface area contributed by atoms with Crippen molar-refractivity contribution in [1.82, 2.24) is 0 Å². The SMILES string of the molecule is COc1cc(C=NNc2ccccc2)c(Br)cc1OCC(N)=O. The molecule has 0 radical (unpaired) electrons. The Hall–Kier alpha value is -2.54. The number of benzene rings is 2. The van der Waals surface area contributed by atoms with E-state index in [1.54, 1.807) is 18.3 Å². The van der Waals surface area contributed by atoms with Gasteiger partial charge in [-0.1, -0.05) is 18.2 Å². The number of methoxy groups -OCH3 is 1. The fraction of sp³-hybridized carbons (Fsp3) is 0.125. The Morgan fingerprint density at radius 3 is 2.70 bits per heavy atom. The Kier molecular flexibility index (Phi) is 5.99. The molecule has 0 unspecified atom stereocenters. The number of hydrogen-bond donors (Lipinski definition) is 2. The summed E-state index contributed by atoms with van der Waals surface area (Å²) in [6, 6.07) is 13.0. The third-order valence-electron chi connectivity index (χ3n) is 2.82. The van der Waals surface area contributed by atoms with Crippen LogP contribution in [0.3, 0.4) is 0 Å². The number of para-hydroxylation sites is 1. The maximum atomic E-state index is 10.8. The summed E-state index contributed by atoms with van der Waals surface area (Å²) in [5, 5.41) is 4.18. The Bertz CT molecular complexity index is 705. The summed E-state index contributed by atoms with van der Waals surface area (Å²) in [5.74, 6) is 0.350. The van der Waals surface area contributed by atoms with Gasteiger partial charge in [-0.2, -0.15) is 5.10 Å². The van der Waals surface area contributed by atoms with Gasteiger partial charge in [0.25, 0.3) is 5.91 Å². The highest BCUT2D eigenvalue weighted by molar-refractivity contribution is 9.10. The number of nitrogens with zero attached hydrogens (tertiary/aromatic N) is 1. The molecule has 7 heteroatoms. The topological polar surface area (TPSA) is 85.9 Å². The Morgan fingerprint density at radius 2 is 2.04 bits per heavy atom. The van der Waals surface area contributed by atoms with Gasteiger partial charge in [0.15, 0.2) is 18.1 Å². The predicted molar refractivity (Wildman–Crippen MR) is 93.0 cm³/mol. The van der Waals surface area contributed by atoms with Crippen LogP contribution < -0.4 is 20.6 Å². The van der Waals surface area contributed by atoms with E-state index in [4.69, 9.17) is 15.2 Å². The van der Waals surface area contributed by atoms with Crippen molar-refractivity contribution in [3.63, 3.8) is 0 Å². The minimum atomic E-state index is -0.555. The summed E-state index contributed by atoms with van der Waals surface area (Å²) in [5.41, 5.74) is 9.67. The third kappa shape index (κ3) is 5.00. The Morgan fingerprint density at radius 1 is 1.30 bits per heavy atom. The molecule has 0 bridgehead atoms. The fourth-order valence-corrected chi connectivity index (χ4v) is 2.18. The molecule has 3 N–H and O–H groups in total. The van der Waals surface area contributed by atoms with Crippen molar-refractivity contribution in [3.05, 3.63) is 52.5 Å². The molecule has 0 heterocycles. The highest BCUT2D eigenvalue weighted by atomic mass is 79.9. The van der Waals surface area contributed by atoms with Gasteiger partial charge in [-0.25, -0.2) is 0 Å². The van der Waals surface area contributed by atoms with Crippen molar-refractivity contribution in [2.45, 2.75) is 0 Å². The van der Waals surface area contributed by atoms with Crippen LogP contribution in [0.25, 0.3) is 0 Å². The molecule has 0 spiro atoms. The second kappa shape index (κ2) is 8.19. The van der Waals surface area contributed by atoms with Gasteiger partial charge in [0, 0.05) is 10.0 Å². The number of carbonyl (C=O) groups is 1. The van der Waals surface area contributed by atoms with Gasteiger partial charge < -0.3 is 15.2 Å². The van der Waals surface area contributed by atoms with E-state index in [0.29, 0.717) is 11.5 Å². The lowest BCUT2D eigenvalue weighted by atomic mass is 10.2. The number of nitrogens with two attached hydrogens (primary N) is 1. The fourth-order valence-electron chi connectivity index (χ4n) is 1.76. The van der Waals surface area contributed by atoms with Crippen LogP contribution in [0.15, 0.2) is 52.0 Å². The van der Waals surface area contributed by atoms with E-state index in [1.165, 1.54) is 7.11 Å². The molecule has 0 saturated carbocycles. The molecular formula is C16H16BrN3O3. The van der Waals surface area contributed by atoms with Gasteiger partial charge in [0.05, 0.1) is 19.0 Å². The molecular weight excluding hydrogens is 362 g/mol. The number of anilines is 1. The van der Waals surface area contributed by atoms with Crippen LogP contribution in [0.2, 0.25) is 0 Å². The second-order valence-corrected chi connectivity index (χ2v) is 5.37. The zero-order chi connectivity index (χ0) is 16.7. The predicted octanol–water partition coefficient (Wildman–Crippen LogP) is 2.77. The summed E-state index contributed by atoms with van der Waals surface area (Å²) in [6.07, 6.45) is 1.65. The van der Waals surface area contributed by atoms with Gasteiger partial charge >= 0.3 is 0 Å². The van der Waals surface area contributed by atoms with E-state index in [-0.39, 0.29) is 6.61 Å². The van der Waals surface area contributed by atoms with E-state index >= 15 is 0 Å². The molecule has 0 aromatic heterocycles. The minimum absolute atomic E-state index is 0.216. The van der Waals surface area contributed by atoms with Crippen molar-refractivity contribution >= 4 is 33.7 Å². The Balaban J connectivity index is 2.14. The number of ether oxygens (including phenoxy) is 2. The first-order valence-corrected chi connectivity index (χ1v) is 7.52. The molecule has 0 aliphatic heterocycles. The number of hydrazone groups is 1. The van der Waals surface area contributed by atoms with Gasteiger partial charge in [0.2, 0.25) is 0 Å². The number of rotatable bonds is 7. The average molecular weight is 378 g/mol. The number of nitrogens with one attached hydrogen (secondary N) is 1. The van der Waals surface area contributed by atoms with Crippen molar-refractivity contribution in [2.75, 3.05) is 19.1 Å². The molecule has 2 aromatic rings. The molecule has 120 valence electrons. The molecule has 0 atom stereocenters. The van der Waals surface area contributed by atoms with E-state index in [1.807, 2.05) is 30.3 Å². The summed E-state index contributed by atoms with van der Waals surface area (Å²) < 4.78 is 11.3. The smallest absolute Gasteiger partial charge is 0.255 e. The van der Waals surface area contributed by atoms with Crippen molar-refractivity contribution in [3.8, 4) is 11.5 Å². The van der Waals surface area contributed by atoms with Crippen LogP contribution in [-0.2, 0) is 4.79 Å². The second-order valence-electron chi connectivity index (χ2n) is 4.52. The van der Waals surface area contributed by atoms with Gasteiger partial charge in [-0.15, -0.1) is 0 Å². The van der Waals surface area contributed by atoms with Crippen LogP contribution in [0.1, 0.15) is 5.56 Å². The number of carbonyl (C=O) groups excluding carboxylic acids is 1. The molecule has 0 saturated heterocycles. The van der Waals surface area contributed by atoms with Crippen LogP contribution >= 0.6 is 15.9 Å². The van der Waals surface area contributed by atoms with Crippen molar-refractivity contribution < 1.29 is 14.3 Å². The quantitative estimate of drug-likeness (QED) is 0.573. The molecule has 2 rings (SSSR count). The summed E-state index contributed by atoms with van der Waals surface area (Å²) in [7, 11) is 1.52. The summed E-state index contributed by atoms with van der Waals surface area (Å²) in [6.45, 7) is -0.216. The molecule has 0 aliphatic rings. The summed E-state index contributed by atoms with van der Waals surface area (Å²) in [4.78, 5) is 10.8. The normalized spacial score (nSPS) is 10.5. The number of hydrogen-bond acceptors (Lipinski definition) is 5. The molecule has 6 nitrogen and oxygen atoms in total. The number of halogens is 1. The maximum Gasteiger partial charge on any atom is 0.255 e. The lowest BCUT2D eigenvalue weighted by Crippen LogP contribution is -2.20. The summed E-state index contributed by atoms with van der Waals surface area (Å²) >= 11 is 3.43. The monoisotopic (exact) mass is 377 g/mol. The van der Waals surface area contributed by atoms with Crippen LogP contribution in [0, 0.1) is 0 Å². The van der Waals surface area contributed by atoms with E-state index < -0.39 is 5.91 Å². The van der Waals surface area contributed by atoms with Crippen LogP contribution in [-0.4, -0.2) is 25.8 Å². The standard InChI is InChI=1S/C16H16BrN3O3/c1-22-14-7-11(9-19-20-12-5-3-2-4-6-12)13(17)8-15(14)23-10-16(18)21/h2-9,20H,10H2,1H3,(H2,18,21). The van der Waals surface area contributed by atoms with Crippen LogP contribution in [0.5, 0.6) is 11.5 Å².